The van der Waals surface area contributed by atoms with E-state index in [1.54, 1.807) is 6.07 Å². The third kappa shape index (κ3) is 4.41. The second kappa shape index (κ2) is 9.66. The highest BCUT2D eigenvalue weighted by Gasteiger charge is 2.46. The number of likely N-dealkylation sites (tertiary alicyclic amines) is 1. The average Bonchev–Trinajstić information content (AvgIpc) is 3.04. The van der Waals surface area contributed by atoms with E-state index in [1.165, 1.54) is 24.1 Å². The Kier molecular flexibility index (Phi) is 6.97. The Hall–Kier alpha value is -3.32. The second-order valence-corrected chi connectivity index (χ2v) is 7.31. The van der Waals surface area contributed by atoms with E-state index in [-0.39, 0.29) is 16.9 Å². The number of carbonyl (C=O) groups excluding carboxylic acids is 2. The Morgan fingerprint density at radius 3 is 2.35 bits per heavy atom. The van der Waals surface area contributed by atoms with Gasteiger partial charge < -0.3 is 24.7 Å². The molecule has 0 bridgehead atoms. The summed E-state index contributed by atoms with van der Waals surface area (Å²) >= 11 is 0. The van der Waals surface area contributed by atoms with Gasteiger partial charge in [0.25, 0.3) is 11.7 Å². The van der Waals surface area contributed by atoms with Crippen LogP contribution in [0.2, 0.25) is 0 Å². The lowest BCUT2D eigenvalue weighted by atomic mass is 9.95. The molecule has 164 valence electrons. The number of ketones is 1. The molecule has 31 heavy (non-hydrogen) atoms. The molecule has 1 fully saturated rings. The van der Waals surface area contributed by atoms with Crippen molar-refractivity contribution in [1.29, 1.82) is 0 Å². The molecule has 2 aromatic rings. The number of hydrogen-bond donors (Lipinski definition) is 2. The molecule has 1 atom stereocenters. The molecule has 1 aliphatic heterocycles. The summed E-state index contributed by atoms with van der Waals surface area (Å²) in [5.41, 5.74) is 0.760. The van der Waals surface area contributed by atoms with Gasteiger partial charge in [0.2, 0.25) is 0 Å². The summed E-state index contributed by atoms with van der Waals surface area (Å²) in [5, 5.41) is 21.4. The van der Waals surface area contributed by atoms with Crippen molar-refractivity contribution in [3.63, 3.8) is 0 Å². The van der Waals surface area contributed by atoms with Gasteiger partial charge in [-0.3, -0.25) is 9.59 Å². The van der Waals surface area contributed by atoms with Crippen molar-refractivity contribution < 1.29 is 24.5 Å². The van der Waals surface area contributed by atoms with Gasteiger partial charge in [-0.1, -0.05) is 44.2 Å². The van der Waals surface area contributed by atoms with Crippen LogP contribution in [-0.4, -0.2) is 65.0 Å². The standard InChI is InChI=1S/C24H28N2O5/c1-4-25(5-2)13-14-26-21(16-9-7-6-8-10-16)20(23(29)24(26)30)22(28)18-12-11-17(31-3)15-19(18)27/h6-12,15,21,27-28H,4-5,13-14H2,1-3H3/t21-/m1/s1. The van der Waals surface area contributed by atoms with Crippen LogP contribution in [0.4, 0.5) is 0 Å². The van der Waals surface area contributed by atoms with Crippen molar-refractivity contribution in [2.45, 2.75) is 19.9 Å². The average molecular weight is 424 g/mol. The number of amides is 1. The number of aromatic hydroxyl groups is 1. The molecule has 0 aromatic heterocycles. The second-order valence-electron chi connectivity index (χ2n) is 7.31. The van der Waals surface area contributed by atoms with Crippen LogP contribution in [0.1, 0.15) is 31.0 Å². The van der Waals surface area contributed by atoms with E-state index in [4.69, 9.17) is 4.74 Å². The van der Waals surface area contributed by atoms with Crippen LogP contribution in [0.5, 0.6) is 11.5 Å². The molecule has 0 spiro atoms. The first kappa shape index (κ1) is 22.4. The van der Waals surface area contributed by atoms with E-state index < -0.39 is 23.5 Å². The van der Waals surface area contributed by atoms with E-state index in [1.807, 2.05) is 44.2 Å². The van der Waals surface area contributed by atoms with Crippen LogP contribution < -0.4 is 4.74 Å². The number of rotatable bonds is 8. The quantitative estimate of drug-likeness (QED) is 0.384. The fraction of sp³-hybridized carbons (Fsp3) is 0.333. The van der Waals surface area contributed by atoms with Crippen molar-refractivity contribution in [3.8, 4) is 11.5 Å². The van der Waals surface area contributed by atoms with Gasteiger partial charge in [0.1, 0.15) is 17.3 Å². The van der Waals surface area contributed by atoms with Crippen LogP contribution in [0.15, 0.2) is 54.1 Å². The fourth-order valence-electron chi connectivity index (χ4n) is 3.87. The normalized spacial score (nSPS) is 18.1. The fourth-order valence-corrected chi connectivity index (χ4v) is 3.87. The number of likely N-dealkylation sites (N-methyl/N-ethyl adjacent to an activating group) is 1. The zero-order valence-electron chi connectivity index (χ0n) is 18.0. The Morgan fingerprint density at radius 1 is 1.10 bits per heavy atom. The number of Topliss-reactive ketones (excluding diaryl/α,β-unsaturated/α-hetero) is 1. The van der Waals surface area contributed by atoms with E-state index >= 15 is 0 Å². The van der Waals surface area contributed by atoms with E-state index in [0.29, 0.717) is 18.8 Å². The number of phenols is 1. The minimum absolute atomic E-state index is 0.0313. The van der Waals surface area contributed by atoms with Crippen LogP contribution in [0.25, 0.3) is 5.76 Å². The first-order valence-corrected chi connectivity index (χ1v) is 10.4. The molecule has 2 aromatic carbocycles. The molecule has 3 rings (SSSR count). The minimum atomic E-state index is -0.763. The van der Waals surface area contributed by atoms with E-state index in [9.17, 15) is 19.8 Å². The van der Waals surface area contributed by atoms with Crippen molar-refractivity contribution in [3.05, 3.63) is 65.2 Å². The number of aliphatic hydroxyl groups excluding tert-OH is 1. The van der Waals surface area contributed by atoms with Crippen LogP contribution in [0, 0.1) is 0 Å². The van der Waals surface area contributed by atoms with Gasteiger partial charge in [0, 0.05) is 19.2 Å². The molecule has 2 N–H and O–H groups in total. The molecule has 0 aliphatic carbocycles. The van der Waals surface area contributed by atoms with Gasteiger partial charge in [-0.15, -0.1) is 0 Å². The SMILES string of the molecule is CCN(CC)CCN1C(=O)C(=O)C(=C(O)c2ccc(OC)cc2O)[C@H]1c1ccccc1. The number of phenolic OH excluding ortho intramolecular Hbond substituents is 1. The summed E-state index contributed by atoms with van der Waals surface area (Å²) in [6, 6.07) is 12.8. The lowest BCUT2D eigenvalue weighted by Gasteiger charge is -2.28. The molecular weight excluding hydrogens is 396 g/mol. The van der Waals surface area contributed by atoms with Crippen molar-refractivity contribution in [2.24, 2.45) is 0 Å². The Bertz CT molecular complexity index is 983. The number of aliphatic hydroxyl groups is 1. The van der Waals surface area contributed by atoms with E-state index in [2.05, 4.69) is 4.90 Å². The monoisotopic (exact) mass is 424 g/mol. The molecule has 7 heteroatoms. The van der Waals surface area contributed by atoms with Gasteiger partial charge in [-0.05, 0) is 30.8 Å². The Balaban J connectivity index is 2.10. The molecule has 1 saturated heterocycles. The molecule has 0 radical (unpaired) electrons. The molecule has 1 heterocycles. The lowest BCUT2D eigenvalue weighted by molar-refractivity contribution is -0.140. The maximum atomic E-state index is 13.0. The maximum absolute atomic E-state index is 13.0. The Labute approximate surface area is 182 Å². The summed E-state index contributed by atoms with van der Waals surface area (Å²) in [6.07, 6.45) is 0. The summed E-state index contributed by atoms with van der Waals surface area (Å²) in [7, 11) is 1.46. The third-order valence-corrected chi connectivity index (χ3v) is 5.67. The summed E-state index contributed by atoms with van der Waals surface area (Å²) in [4.78, 5) is 29.6. The zero-order chi connectivity index (χ0) is 22.5. The smallest absolute Gasteiger partial charge is 0.295 e. The number of hydrogen-bond acceptors (Lipinski definition) is 6. The predicted molar refractivity (Wildman–Crippen MR) is 118 cm³/mol. The van der Waals surface area contributed by atoms with Crippen molar-refractivity contribution >= 4 is 17.4 Å². The maximum Gasteiger partial charge on any atom is 0.295 e. The summed E-state index contributed by atoms with van der Waals surface area (Å²) in [6.45, 7) is 6.69. The number of nitrogens with zero attached hydrogens (tertiary/aromatic N) is 2. The number of methoxy groups -OCH3 is 1. The summed E-state index contributed by atoms with van der Waals surface area (Å²) < 4.78 is 5.08. The summed E-state index contributed by atoms with van der Waals surface area (Å²) in [5.74, 6) is -1.65. The molecule has 7 nitrogen and oxygen atoms in total. The molecule has 0 saturated carbocycles. The first-order chi connectivity index (χ1) is 14.9. The highest BCUT2D eigenvalue weighted by Crippen LogP contribution is 2.41. The topological polar surface area (TPSA) is 90.3 Å². The van der Waals surface area contributed by atoms with Crippen molar-refractivity contribution in [2.75, 3.05) is 33.3 Å². The van der Waals surface area contributed by atoms with Gasteiger partial charge in [0.15, 0.2) is 0 Å². The van der Waals surface area contributed by atoms with Gasteiger partial charge in [0.05, 0.1) is 24.3 Å². The zero-order valence-corrected chi connectivity index (χ0v) is 18.0. The van der Waals surface area contributed by atoms with Crippen LogP contribution in [-0.2, 0) is 9.59 Å². The molecule has 1 amide bonds. The van der Waals surface area contributed by atoms with Crippen LogP contribution >= 0.6 is 0 Å². The van der Waals surface area contributed by atoms with E-state index in [0.717, 1.165) is 18.7 Å². The first-order valence-electron chi connectivity index (χ1n) is 10.4. The number of carbonyl (C=O) groups is 2. The Morgan fingerprint density at radius 2 is 1.77 bits per heavy atom. The highest BCUT2D eigenvalue weighted by molar-refractivity contribution is 6.46. The number of benzene rings is 2. The molecule has 1 aliphatic rings. The lowest BCUT2D eigenvalue weighted by Crippen LogP contribution is -2.38. The van der Waals surface area contributed by atoms with Gasteiger partial charge >= 0.3 is 0 Å². The minimum Gasteiger partial charge on any atom is -0.507 e. The van der Waals surface area contributed by atoms with Crippen LogP contribution in [0.3, 0.4) is 0 Å². The van der Waals surface area contributed by atoms with Gasteiger partial charge in [-0.2, -0.15) is 0 Å². The van der Waals surface area contributed by atoms with Gasteiger partial charge in [-0.25, -0.2) is 0 Å². The highest BCUT2D eigenvalue weighted by atomic mass is 16.5. The van der Waals surface area contributed by atoms with Crippen molar-refractivity contribution in [1.82, 2.24) is 9.80 Å². The molecular formula is C24H28N2O5. The predicted octanol–water partition coefficient (Wildman–Crippen LogP) is 3.16. The molecule has 0 unspecified atom stereocenters. The largest absolute Gasteiger partial charge is 0.507 e. The third-order valence-electron chi connectivity index (χ3n) is 5.67. The number of ether oxygens (including phenoxy) is 1.